The van der Waals surface area contributed by atoms with E-state index >= 15 is 0 Å². The fraction of sp³-hybridized carbons (Fsp3) is 0.414. The molecule has 2 heterocycles. The zero-order valence-electron chi connectivity index (χ0n) is 21.8. The van der Waals surface area contributed by atoms with E-state index in [-0.39, 0.29) is 11.4 Å². The van der Waals surface area contributed by atoms with E-state index in [1.807, 2.05) is 12.3 Å². The highest BCUT2D eigenvalue weighted by molar-refractivity contribution is 7.16. The van der Waals surface area contributed by atoms with Gasteiger partial charge in [-0.3, -0.25) is 0 Å². The molecule has 0 amide bonds. The number of hydrogen-bond donors (Lipinski definition) is 1. The van der Waals surface area contributed by atoms with Gasteiger partial charge in [0.05, 0.1) is 17.9 Å². The van der Waals surface area contributed by atoms with Crippen LogP contribution in [0.4, 0.5) is 5.00 Å². The normalized spacial score (nSPS) is 15.8. The number of ether oxygens (including phenoxy) is 1. The molecule has 0 bridgehead atoms. The Balaban J connectivity index is 1.64. The Morgan fingerprint density at radius 3 is 2.75 bits per heavy atom. The first kappa shape index (κ1) is 26.1. The van der Waals surface area contributed by atoms with E-state index in [9.17, 15) is 10.1 Å². The van der Waals surface area contributed by atoms with Crippen molar-refractivity contribution in [1.82, 2.24) is 4.98 Å². The minimum Gasteiger partial charge on any atom is -0.462 e. The summed E-state index contributed by atoms with van der Waals surface area (Å²) in [5.41, 5.74) is 6.70. The molecule has 1 aromatic carbocycles. The number of aryl methyl sites for hydroxylation is 2. The molecule has 4 rings (SSSR count). The number of esters is 1. The number of rotatable bonds is 6. The minimum atomic E-state index is -0.301. The molecule has 1 atom stereocenters. The van der Waals surface area contributed by atoms with Gasteiger partial charge in [0.2, 0.25) is 0 Å². The smallest absolute Gasteiger partial charge is 0.341 e. The molecule has 188 valence electrons. The highest BCUT2D eigenvalue weighted by Gasteiger charge is 2.34. The second-order valence-corrected chi connectivity index (χ2v) is 12.3. The Morgan fingerprint density at radius 1 is 1.31 bits per heavy atom. The average Bonchev–Trinajstić information content (AvgIpc) is 3.45. The quantitative estimate of drug-likeness (QED) is 0.266. The molecule has 2 aromatic heterocycles. The number of benzene rings is 1. The van der Waals surface area contributed by atoms with Crippen LogP contribution in [0.2, 0.25) is 0 Å². The molecule has 1 N–H and O–H groups in total. The van der Waals surface area contributed by atoms with Gasteiger partial charge in [0.25, 0.3) is 0 Å². The number of nitrogens with zero attached hydrogens (tertiary/aromatic N) is 2. The Kier molecular flexibility index (Phi) is 7.67. The molecule has 0 saturated heterocycles. The maximum absolute atomic E-state index is 12.9. The van der Waals surface area contributed by atoms with Crippen molar-refractivity contribution in [3.63, 3.8) is 0 Å². The van der Waals surface area contributed by atoms with Crippen molar-refractivity contribution in [2.45, 2.75) is 60.8 Å². The number of nitrogens with one attached hydrogen (secondary N) is 1. The van der Waals surface area contributed by atoms with E-state index in [2.05, 4.69) is 64.2 Å². The summed E-state index contributed by atoms with van der Waals surface area (Å²) in [6.07, 6.45) is 4.55. The number of hydrogen-bond acceptors (Lipinski definition) is 7. The Hall–Kier alpha value is -2.95. The first-order chi connectivity index (χ1) is 17.1. The SMILES string of the molecule is CCOC(=O)c1c(N/C=C(/C#N)c2nc(-c3ccc(C)c(C)c3)cs2)sc2c1CC[C@@H](C(C)(C)C)C2. The lowest BCUT2D eigenvalue weighted by Crippen LogP contribution is -2.26. The van der Waals surface area contributed by atoms with Gasteiger partial charge in [0, 0.05) is 22.0 Å². The standard InChI is InChI=1S/C29H33N3O2S2/c1-7-34-28(33)25-22-11-10-21(29(4,5)6)13-24(22)36-27(25)31-15-20(14-30)26-32-23(16-35-26)19-9-8-17(2)18(3)12-19/h8-9,12,15-16,21,31H,7,10-11,13H2,1-6H3/b20-15-/t21-/m1/s1. The molecule has 0 saturated carbocycles. The molecule has 5 nitrogen and oxygen atoms in total. The molecule has 1 aliphatic carbocycles. The van der Waals surface area contributed by atoms with Gasteiger partial charge >= 0.3 is 5.97 Å². The number of aromatic nitrogens is 1. The van der Waals surface area contributed by atoms with Crippen molar-refractivity contribution in [2.24, 2.45) is 11.3 Å². The van der Waals surface area contributed by atoms with Gasteiger partial charge < -0.3 is 10.1 Å². The highest BCUT2D eigenvalue weighted by atomic mass is 32.1. The second kappa shape index (κ2) is 10.6. The van der Waals surface area contributed by atoms with Crippen LogP contribution in [0.1, 0.15) is 71.0 Å². The molecule has 7 heteroatoms. The first-order valence-corrected chi connectivity index (χ1v) is 14.0. The van der Waals surface area contributed by atoms with Crippen molar-refractivity contribution >= 4 is 39.2 Å². The Bertz CT molecular complexity index is 1350. The first-order valence-electron chi connectivity index (χ1n) is 12.3. The zero-order valence-corrected chi connectivity index (χ0v) is 23.5. The molecule has 1 aliphatic rings. The van der Waals surface area contributed by atoms with Gasteiger partial charge in [-0.2, -0.15) is 5.26 Å². The zero-order chi connectivity index (χ0) is 26.0. The molecule has 0 radical (unpaired) electrons. The van der Waals surface area contributed by atoms with Crippen LogP contribution >= 0.6 is 22.7 Å². The molecule has 0 fully saturated rings. The van der Waals surface area contributed by atoms with Crippen LogP contribution in [0, 0.1) is 36.5 Å². The predicted molar refractivity (Wildman–Crippen MR) is 149 cm³/mol. The van der Waals surface area contributed by atoms with Gasteiger partial charge in [-0.1, -0.05) is 32.9 Å². The van der Waals surface area contributed by atoms with Crippen molar-refractivity contribution in [2.75, 3.05) is 11.9 Å². The van der Waals surface area contributed by atoms with E-state index in [0.29, 0.717) is 28.7 Å². The number of thiazole rings is 1. The van der Waals surface area contributed by atoms with Crippen LogP contribution in [0.15, 0.2) is 29.8 Å². The molecule has 0 aliphatic heterocycles. The van der Waals surface area contributed by atoms with Gasteiger partial charge in [-0.25, -0.2) is 9.78 Å². The van der Waals surface area contributed by atoms with Crippen LogP contribution in [-0.4, -0.2) is 17.6 Å². The topological polar surface area (TPSA) is 75.0 Å². The number of thiophene rings is 1. The van der Waals surface area contributed by atoms with Crippen molar-refractivity contribution in [3.8, 4) is 17.3 Å². The Morgan fingerprint density at radius 2 is 2.08 bits per heavy atom. The minimum absolute atomic E-state index is 0.214. The number of carbonyl (C=O) groups excluding carboxylic acids is 1. The van der Waals surface area contributed by atoms with Crippen molar-refractivity contribution in [3.05, 3.63) is 61.9 Å². The lowest BCUT2D eigenvalue weighted by Gasteiger charge is -2.33. The fourth-order valence-electron chi connectivity index (χ4n) is 4.56. The summed E-state index contributed by atoms with van der Waals surface area (Å²) in [6, 6.07) is 8.54. The van der Waals surface area contributed by atoms with Crippen molar-refractivity contribution in [1.29, 1.82) is 5.26 Å². The third kappa shape index (κ3) is 5.40. The van der Waals surface area contributed by atoms with Gasteiger partial charge in [0.15, 0.2) is 0 Å². The third-order valence-corrected chi connectivity index (χ3v) is 9.04. The molecule has 0 unspecified atom stereocenters. The number of anilines is 1. The summed E-state index contributed by atoms with van der Waals surface area (Å²) in [5, 5.41) is 16.5. The third-order valence-electron chi connectivity index (χ3n) is 6.97. The fourth-order valence-corrected chi connectivity index (χ4v) is 6.64. The lowest BCUT2D eigenvalue weighted by atomic mass is 9.72. The number of carbonyl (C=O) groups is 1. The number of nitriles is 1. The second-order valence-electron chi connectivity index (χ2n) is 10.4. The number of allylic oxidation sites excluding steroid dienone is 1. The summed E-state index contributed by atoms with van der Waals surface area (Å²) >= 11 is 3.05. The summed E-state index contributed by atoms with van der Waals surface area (Å²) in [6.45, 7) is 13.2. The van der Waals surface area contributed by atoms with Gasteiger partial charge in [0.1, 0.15) is 21.7 Å². The van der Waals surface area contributed by atoms with E-state index in [1.54, 1.807) is 17.5 Å². The van der Waals surface area contributed by atoms with Crippen molar-refractivity contribution < 1.29 is 9.53 Å². The van der Waals surface area contributed by atoms with E-state index < -0.39 is 0 Å². The summed E-state index contributed by atoms with van der Waals surface area (Å²) < 4.78 is 5.41. The summed E-state index contributed by atoms with van der Waals surface area (Å²) in [4.78, 5) is 18.9. The van der Waals surface area contributed by atoms with E-state index in [4.69, 9.17) is 9.72 Å². The van der Waals surface area contributed by atoms with Gasteiger partial charge in [-0.05, 0) is 74.1 Å². The largest absolute Gasteiger partial charge is 0.462 e. The monoisotopic (exact) mass is 519 g/mol. The summed E-state index contributed by atoms with van der Waals surface area (Å²) in [7, 11) is 0. The molecular weight excluding hydrogens is 486 g/mol. The van der Waals surface area contributed by atoms with Crippen LogP contribution in [0.25, 0.3) is 16.8 Å². The lowest BCUT2D eigenvalue weighted by molar-refractivity contribution is 0.0526. The van der Waals surface area contributed by atoms with Crippen LogP contribution in [0.5, 0.6) is 0 Å². The van der Waals surface area contributed by atoms with Gasteiger partial charge in [-0.15, -0.1) is 22.7 Å². The van der Waals surface area contributed by atoms with Crippen LogP contribution in [0.3, 0.4) is 0 Å². The van der Waals surface area contributed by atoms with Crippen LogP contribution < -0.4 is 5.32 Å². The average molecular weight is 520 g/mol. The van der Waals surface area contributed by atoms with Crippen LogP contribution in [-0.2, 0) is 17.6 Å². The molecule has 3 aromatic rings. The maximum atomic E-state index is 12.9. The highest BCUT2D eigenvalue weighted by Crippen LogP contribution is 2.44. The molecule has 0 spiro atoms. The number of fused-ring (bicyclic) bond motifs is 1. The van der Waals surface area contributed by atoms with E-state index in [0.717, 1.165) is 41.1 Å². The summed E-state index contributed by atoms with van der Waals surface area (Å²) in [5.74, 6) is 0.265. The Labute approximate surface area is 221 Å². The van der Waals surface area contributed by atoms with E-state index in [1.165, 1.54) is 27.3 Å². The molecular formula is C29H33N3O2S2. The maximum Gasteiger partial charge on any atom is 0.341 e. The molecule has 36 heavy (non-hydrogen) atoms. The predicted octanol–water partition coefficient (Wildman–Crippen LogP) is 7.79.